The SMILES string of the molecule is CC(C)(C)c1ccc(C(Cl)c2ccc(Cl)c(Br)c2)cc1. The van der Waals surface area contributed by atoms with E-state index in [4.69, 9.17) is 23.2 Å². The number of alkyl halides is 1. The van der Waals surface area contributed by atoms with Gasteiger partial charge >= 0.3 is 0 Å². The van der Waals surface area contributed by atoms with E-state index in [1.165, 1.54) is 5.56 Å². The summed E-state index contributed by atoms with van der Waals surface area (Å²) in [6.45, 7) is 6.61. The molecular formula is C17H17BrCl2. The van der Waals surface area contributed by atoms with Gasteiger partial charge in [-0.2, -0.15) is 0 Å². The molecule has 0 bridgehead atoms. The Labute approximate surface area is 139 Å². The van der Waals surface area contributed by atoms with Gasteiger partial charge in [-0.05, 0) is 50.2 Å². The van der Waals surface area contributed by atoms with E-state index >= 15 is 0 Å². The van der Waals surface area contributed by atoms with E-state index in [1.807, 2.05) is 18.2 Å². The second kappa shape index (κ2) is 6.09. The van der Waals surface area contributed by atoms with Crippen molar-refractivity contribution in [1.82, 2.24) is 0 Å². The van der Waals surface area contributed by atoms with Crippen LogP contribution in [0, 0.1) is 0 Å². The number of rotatable bonds is 2. The average Bonchev–Trinajstić information content (AvgIpc) is 2.40. The third-order valence-corrected chi connectivity index (χ3v) is 5.02. The number of hydrogen-bond acceptors (Lipinski definition) is 0. The Morgan fingerprint density at radius 1 is 0.950 bits per heavy atom. The van der Waals surface area contributed by atoms with Crippen LogP contribution in [0.2, 0.25) is 5.02 Å². The third-order valence-electron chi connectivity index (χ3n) is 3.31. The monoisotopic (exact) mass is 370 g/mol. The molecule has 0 aliphatic carbocycles. The molecule has 0 aliphatic heterocycles. The maximum Gasteiger partial charge on any atom is 0.0835 e. The van der Waals surface area contributed by atoms with Crippen LogP contribution in [0.25, 0.3) is 0 Å². The second-order valence-corrected chi connectivity index (χ2v) is 7.61. The minimum Gasteiger partial charge on any atom is -0.113 e. The fourth-order valence-electron chi connectivity index (χ4n) is 2.01. The van der Waals surface area contributed by atoms with Crippen LogP contribution in [0.1, 0.15) is 42.8 Å². The molecule has 0 saturated carbocycles. The molecule has 0 heterocycles. The van der Waals surface area contributed by atoms with Gasteiger partial charge in [0.2, 0.25) is 0 Å². The van der Waals surface area contributed by atoms with Crippen molar-refractivity contribution in [2.75, 3.05) is 0 Å². The van der Waals surface area contributed by atoms with Gasteiger partial charge in [-0.25, -0.2) is 0 Å². The highest BCUT2D eigenvalue weighted by Crippen LogP contribution is 2.34. The molecule has 1 unspecified atom stereocenters. The molecule has 2 aromatic rings. The lowest BCUT2D eigenvalue weighted by molar-refractivity contribution is 0.590. The summed E-state index contributed by atoms with van der Waals surface area (Å²) >= 11 is 16.0. The maximum absolute atomic E-state index is 6.56. The van der Waals surface area contributed by atoms with Gasteiger partial charge in [0.25, 0.3) is 0 Å². The van der Waals surface area contributed by atoms with Gasteiger partial charge in [0, 0.05) is 4.47 Å². The van der Waals surface area contributed by atoms with Crippen LogP contribution in [0.15, 0.2) is 46.9 Å². The average molecular weight is 372 g/mol. The molecule has 0 fully saturated rings. The lowest BCUT2D eigenvalue weighted by atomic mass is 9.86. The Balaban J connectivity index is 2.29. The first-order valence-electron chi connectivity index (χ1n) is 6.48. The third kappa shape index (κ3) is 3.58. The Hall–Kier alpha value is -0.500. The summed E-state index contributed by atoms with van der Waals surface area (Å²) in [5.41, 5.74) is 3.59. The molecule has 0 aromatic heterocycles. The molecule has 3 heteroatoms. The molecule has 0 amide bonds. The van der Waals surface area contributed by atoms with Crippen molar-refractivity contribution in [1.29, 1.82) is 0 Å². The van der Waals surface area contributed by atoms with E-state index in [2.05, 4.69) is 61.0 Å². The topological polar surface area (TPSA) is 0 Å². The molecule has 0 radical (unpaired) electrons. The summed E-state index contributed by atoms with van der Waals surface area (Å²) < 4.78 is 0.869. The zero-order valence-electron chi connectivity index (χ0n) is 11.8. The Morgan fingerprint density at radius 3 is 2.00 bits per heavy atom. The molecule has 1 atom stereocenters. The summed E-state index contributed by atoms with van der Waals surface area (Å²) in [6.07, 6.45) is 0. The van der Waals surface area contributed by atoms with Crippen molar-refractivity contribution in [2.24, 2.45) is 0 Å². The van der Waals surface area contributed by atoms with Crippen molar-refractivity contribution in [3.8, 4) is 0 Å². The number of benzene rings is 2. The van der Waals surface area contributed by atoms with Gasteiger partial charge < -0.3 is 0 Å². The predicted octanol–water partition coefficient (Wildman–Crippen LogP) is 6.73. The van der Waals surface area contributed by atoms with Gasteiger partial charge in [-0.1, -0.05) is 62.7 Å². The van der Waals surface area contributed by atoms with Crippen molar-refractivity contribution in [2.45, 2.75) is 31.6 Å². The van der Waals surface area contributed by atoms with E-state index in [-0.39, 0.29) is 10.8 Å². The van der Waals surface area contributed by atoms with Gasteiger partial charge in [-0.3, -0.25) is 0 Å². The summed E-state index contributed by atoms with van der Waals surface area (Å²) in [6, 6.07) is 14.3. The Bertz CT molecular complexity index is 597. The first kappa shape index (κ1) is 15.9. The summed E-state index contributed by atoms with van der Waals surface area (Å²) in [4.78, 5) is 0. The van der Waals surface area contributed by atoms with Crippen molar-refractivity contribution >= 4 is 39.1 Å². The molecule has 106 valence electrons. The lowest BCUT2D eigenvalue weighted by Crippen LogP contribution is -2.10. The molecule has 2 rings (SSSR count). The smallest absolute Gasteiger partial charge is 0.0835 e. The second-order valence-electron chi connectivity index (χ2n) is 5.91. The van der Waals surface area contributed by atoms with Crippen molar-refractivity contribution in [3.63, 3.8) is 0 Å². The highest BCUT2D eigenvalue weighted by molar-refractivity contribution is 9.10. The van der Waals surface area contributed by atoms with Crippen LogP contribution in [0.4, 0.5) is 0 Å². The summed E-state index contributed by atoms with van der Waals surface area (Å²) in [7, 11) is 0. The fraction of sp³-hybridized carbons (Fsp3) is 0.294. The van der Waals surface area contributed by atoms with E-state index in [0.29, 0.717) is 5.02 Å². The van der Waals surface area contributed by atoms with Crippen LogP contribution < -0.4 is 0 Å². The van der Waals surface area contributed by atoms with E-state index in [9.17, 15) is 0 Å². The van der Waals surface area contributed by atoms with Crippen LogP contribution in [0.3, 0.4) is 0 Å². The summed E-state index contributed by atoms with van der Waals surface area (Å²) in [5.74, 6) is 0. The molecule has 0 aliphatic rings. The molecule has 0 spiro atoms. The first-order chi connectivity index (χ1) is 9.29. The van der Waals surface area contributed by atoms with E-state index < -0.39 is 0 Å². The van der Waals surface area contributed by atoms with Crippen LogP contribution in [0.5, 0.6) is 0 Å². The Morgan fingerprint density at radius 2 is 1.50 bits per heavy atom. The minimum atomic E-state index is -0.169. The molecule has 2 aromatic carbocycles. The minimum absolute atomic E-state index is 0.156. The molecule has 0 saturated heterocycles. The largest absolute Gasteiger partial charge is 0.113 e. The number of hydrogen-bond donors (Lipinski definition) is 0. The molecule has 0 N–H and O–H groups in total. The highest BCUT2D eigenvalue weighted by atomic mass is 79.9. The predicted molar refractivity (Wildman–Crippen MR) is 92.0 cm³/mol. The standard InChI is InChI=1S/C17H17BrCl2/c1-17(2,3)13-7-4-11(5-8-13)16(20)12-6-9-15(19)14(18)10-12/h4-10,16H,1-3H3. The summed E-state index contributed by atoms with van der Waals surface area (Å²) in [5, 5.41) is 0.526. The normalized spacial score (nSPS) is 13.3. The Kier molecular flexibility index (Phi) is 4.84. The van der Waals surface area contributed by atoms with E-state index in [1.54, 1.807) is 0 Å². The maximum atomic E-state index is 6.56. The van der Waals surface area contributed by atoms with Crippen LogP contribution in [-0.2, 0) is 5.41 Å². The first-order valence-corrected chi connectivity index (χ1v) is 8.09. The van der Waals surface area contributed by atoms with Crippen LogP contribution in [-0.4, -0.2) is 0 Å². The van der Waals surface area contributed by atoms with Gasteiger partial charge in [0.15, 0.2) is 0 Å². The molecule has 0 nitrogen and oxygen atoms in total. The molecular weight excluding hydrogens is 355 g/mol. The molecule has 20 heavy (non-hydrogen) atoms. The highest BCUT2D eigenvalue weighted by Gasteiger charge is 2.16. The number of halogens is 3. The quantitative estimate of drug-likeness (QED) is 0.513. The zero-order valence-corrected chi connectivity index (χ0v) is 14.9. The van der Waals surface area contributed by atoms with Crippen LogP contribution >= 0.6 is 39.1 Å². The van der Waals surface area contributed by atoms with E-state index in [0.717, 1.165) is 15.6 Å². The van der Waals surface area contributed by atoms with Crippen molar-refractivity contribution < 1.29 is 0 Å². The fourth-order valence-corrected chi connectivity index (χ4v) is 2.81. The van der Waals surface area contributed by atoms with Gasteiger partial charge in [-0.15, -0.1) is 11.6 Å². The van der Waals surface area contributed by atoms with Gasteiger partial charge in [0.05, 0.1) is 10.4 Å². The van der Waals surface area contributed by atoms with Gasteiger partial charge in [0.1, 0.15) is 0 Å². The zero-order chi connectivity index (χ0) is 14.9. The van der Waals surface area contributed by atoms with Crippen molar-refractivity contribution in [3.05, 3.63) is 68.7 Å². The lowest BCUT2D eigenvalue weighted by Gasteiger charge is -2.20.